The molecule has 4 heteroatoms. The van der Waals surface area contributed by atoms with E-state index in [4.69, 9.17) is 14.1 Å². The van der Waals surface area contributed by atoms with Crippen LogP contribution in [0.2, 0.25) is 0 Å². The van der Waals surface area contributed by atoms with E-state index in [-0.39, 0.29) is 0 Å². The molecule has 0 spiro atoms. The summed E-state index contributed by atoms with van der Waals surface area (Å²) < 4.78 is 11.1. The highest BCUT2D eigenvalue weighted by Crippen LogP contribution is 2.25. The van der Waals surface area contributed by atoms with E-state index in [0.717, 1.165) is 29.3 Å². The van der Waals surface area contributed by atoms with Crippen LogP contribution in [0.3, 0.4) is 0 Å². The third-order valence-electron chi connectivity index (χ3n) is 4.30. The van der Waals surface area contributed by atoms with Crippen molar-refractivity contribution < 1.29 is 9.15 Å². The van der Waals surface area contributed by atoms with E-state index < -0.39 is 0 Å². The Morgan fingerprint density at radius 1 is 1.09 bits per heavy atom. The zero-order valence-corrected chi connectivity index (χ0v) is 13.5. The van der Waals surface area contributed by atoms with Crippen molar-refractivity contribution in [2.24, 2.45) is 0 Å². The number of benzene rings is 1. The third-order valence-corrected chi connectivity index (χ3v) is 4.30. The van der Waals surface area contributed by atoms with Gasteiger partial charge in [-0.25, -0.2) is 4.98 Å². The van der Waals surface area contributed by atoms with Crippen molar-refractivity contribution in [1.29, 1.82) is 0 Å². The molecule has 2 heterocycles. The quantitative estimate of drug-likeness (QED) is 0.854. The van der Waals surface area contributed by atoms with Crippen molar-refractivity contribution in [3.05, 3.63) is 35.7 Å². The van der Waals surface area contributed by atoms with E-state index in [9.17, 15) is 0 Å². The molecule has 0 saturated carbocycles. The molecule has 0 N–H and O–H groups in total. The second-order valence-corrected chi connectivity index (χ2v) is 5.94. The first-order chi connectivity index (χ1) is 10.8. The summed E-state index contributed by atoms with van der Waals surface area (Å²) in [5, 5.41) is 0. The lowest BCUT2D eigenvalue weighted by Gasteiger charge is -2.18. The molecular formula is C18H24N2O2. The van der Waals surface area contributed by atoms with Crippen molar-refractivity contribution in [2.75, 3.05) is 20.2 Å². The Morgan fingerprint density at radius 2 is 1.77 bits per heavy atom. The molecule has 1 aromatic carbocycles. The van der Waals surface area contributed by atoms with Crippen LogP contribution in [0.15, 0.2) is 28.7 Å². The summed E-state index contributed by atoms with van der Waals surface area (Å²) >= 11 is 0. The minimum absolute atomic E-state index is 0.699. The van der Waals surface area contributed by atoms with Gasteiger partial charge in [0, 0.05) is 12.1 Å². The number of likely N-dealkylation sites (tertiary alicyclic amines) is 1. The van der Waals surface area contributed by atoms with Gasteiger partial charge in [0.1, 0.15) is 11.5 Å². The number of aromatic nitrogens is 1. The first-order valence-corrected chi connectivity index (χ1v) is 8.09. The van der Waals surface area contributed by atoms with Crippen LogP contribution < -0.4 is 4.74 Å². The van der Waals surface area contributed by atoms with Crippen LogP contribution in [0.5, 0.6) is 5.75 Å². The van der Waals surface area contributed by atoms with Crippen molar-refractivity contribution in [2.45, 2.75) is 39.2 Å². The Hall–Kier alpha value is -1.81. The van der Waals surface area contributed by atoms with Gasteiger partial charge in [-0.3, -0.25) is 4.90 Å². The number of hydrogen-bond acceptors (Lipinski definition) is 4. The summed E-state index contributed by atoms with van der Waals surface area (Å²) in [6.07, 6.45) is 5.29. The maximum Gasteiger partial charge on any atom is 0.226 e. The molecule has 2 aromatic rings. The van der Waals surface area contributed by atoms with Gasteiger partial charge in [-0.05, 0) is 57.1 Å². The molecule has 1 fully saturated rings. The predicted octanol–water partition coefficient (Wildman–Crippen LogP) is 4.03. The molecule has 22 heavy (non-hydrogen) atoms. The fourth-order valence-electron chi connectivity index (χ4n) is 2.94. The predicted molar refractivity (Wildman–Crippen MR) is 87.0 cm³/mol. The molecule has 0 bridgehead atoms. The van der Waals surface area contributed by atoms with Gasteiger partial charge in [-0.2, -0.15) is 0 Å². The Labute approximate surface area is 132 Å². The van der Waals surface area contributed by atoms with Gasteiger partial charge in [0.05, 0.1) is 12.8 Å². The summed E-state index contributed by atoms with van der Waals surface area (Å²) in [5.74, 6) is 2.47. The number of ether oxygens (including phenoxy) is 1. The van der Waals surface area contributed by atoms with E-state index >= 15 is 0 Å². The lowest BCUT2D eigenvalue weighted by atomic mass is 10.2. The minimum atomic E-state index is 0.699. The number of methoxy groups -OCH3 is 1. The number of aryl methyl sites for hydroxylation is 1. The molecule has 4 nitrogen and oxygen atoms in total. The SMILES string of the molecule is COc1ccc(-c2nc(CN3CCCCCC3)c(C)o2)cc1. The highest BCUT2D eigenvalue weighted by Gasteiger charge is 2.16. The second kappa shape index (κ2) is 6.97. The summed E-state index contributed by atoms with van der Waals surface area (Å²) in [7, 11) is 1.67. The molecule has 0 atom stereocenters. The maximum atomic E-state index is 5.87. The van der Waals surface area contributed by atoms with Gasteiger partial charge < -0.3 is 9.15 Å². The molecule has 1 aromatic heterocycles. The van der Waals surface area contributed by atoms with E-state index in [0.29, 0.717) is 5.89 Å². The van der Waals surface area contributed by atoms with Crippen LogP contribution in [0.4, 0.5) is 0 Å². The highest BCUT2D eigenvalue weighted by atomic mass is 16.5. The first kappa shape index (κ1) is 15.1. The van der Waals surface area contributed by atoms with Crippen LogP contribution >= 0.6 is 0 Å². The zero-order chi connectivity index (χ0) is 15.4. The van der Waals surface area contributed by atoms with Crippen LogP contribution in [0.1, 0.15) is 37.1 Å². The van der Waals surface area contributed by atoms with Gasteiger partial charge in [0.25, 0.3) is 0 Å². The summed E-state index contributed by atoms with van der Waals surface area (Å²) in [6.45, 7) is 5.24. The average Bonchev–Trinajstić information content (AvgIpc) is 2.75. The number of oxazole rings is 1. The molecule has 118 valence electrons. The number of rotatable bonds is 4. The molecule has 1 aliphatic rings. The largest absolute Gasteiger partial charge is 0.497 e. The molecule has 0 unspecified atom stereocenters. The standard InChI is InChI=1S/C18H24N2O2/c1-14-17(13-20-11-5-3-4-6-12-20)19-18(22-14)15-7-9-16(21-2)10-8-15/h7-10H,3-6,11-13H2,1-2H3. The lowest BCUT2D eigenvalue weighted by Crippen LogP contribution is -2.24. The Balaban J connectivity index is 1.74. The summed E-state index contributed by atoms with van der Waals surface area (Å²) in [4.78, 5) is 7.21. The lowest BCUT2D eigenvalue weighted by molar-refractivity contribution is 0.272. The molecule has 1 aliphatic heterocycles. The van der Waals surface area contributed by atoms with Crippen molar-refractivity contribution in [3.63, 3.8) is 0 Å². The zero-order valence-electron chi connectivity index (χ0n) is 13.5. The Bertz CT molecular complexity index is 596. The number of hydrogen-bond donors (Lipinski definition) is 0. The van der Waals surface area contributed by atoms with Gasteiger partial charge >= 0.3 is 0 Å². The highest BCUT2D eigenvalue weighted by molar-refractivity contribution is 5.55. The van der Waals surface area contributed by atoms with Crippen molar-refractivity contribution in [1.82, 2.24) is 9.88 Å². The van der Waals surface area contributed by atoms with E-state index in [2.05, 4.69) is 4.90 Å². The molecule has 1 saturated heterocycles. The Morgan fingerprint density at radius 3 is 2.41 bits per heavy atom. The summed E-state index contributed by atoms with van der Waals surface area (Å²) in [5.41, 5.74) is 2.05. The van der Waals surface area contributed by atoms with Crippen molar-refractivity contribution in [3.8, 4) is 17.2 Å². The topological polar surface area (TPSA) is 38.5 Å². The van der Waals surface area contributed by atoms with E-state index in [1.165, 1.54) is 38.8 Å². The van der Waals surface area contributed by atoms with Crippen LogP contribution in [0.25, 0.3) is 11.5 Å². The third kappa shape index (κ3) is 3.50. The first-order valence-electron chi connectivity index (χ1n) is 8.09. The molecular weight excluding hydrogens is 276 g/mol. The summed E-state index contributed by atoms with van der Waals surface area (Å²) in [6, 6.07) is 7.84. The molecule has 0 radical (unpaired) electrons. The fraction of sp³-hybridized carbons (Fsp3) is 0.500. The van der Waals surface area contributed by atoms with Gasteiger partial charge in [0.15, 0.2) is 0 Å². The van der Waals surface area contributed by atoms with Crippen LogP contribution in [0, 0.1) is 6.92 Å². The fourth-order valence-corrected chi connectivity index (χ4v) is 2.94. The van der Waals surface area contributed by atoms with Gasteiger partial charge in [0.2, 0.25) is 5.89 Å². The van der Waals surface area contributed by atoms with E-state index in [1.54, 1.807) is 7.11 Å². The van der Waals surface area contributed by atoms with Gasteiger partial charge in [-0.1, -0.05) is 12.8 Å². The van der Waals surface area contributed by atoms with Crippen LogP contribution in [-0.2, 0) is 6.54 Å². The second-order valence-electron chi connectivity index (χ2n) is 5.94. The normalized spacial score (nSPS) is 16.5. The smallest absolute Gasteiger partial charge is 0.226 e. The monoisotopic (exact) mass is 300 g/mol. The van der Waals surface area contributed by atoms with Crippen LogP contribution in [-0.4, -0.2) is 30.1 Å². The molecule has 0 aliphatic carbocycles. The Kier molecular flexibility index (Phi) is 4.78. The average molecular weight is 300 g/mol. The number of nitrogens with zero attached hydrogens (tertiary/aromatic N) is 2. The minimum Gasteiger partial charge on any atom is -0.497 e. The maximum absolute atomic E-state index is 5.87. The van der Waals surface area contributed by atoms with E-state index in [1.807, 2.05) is 31.2 Å². The molecule has 3 rings (SSSR count). The van der Waals surface area contributed by atoms with Gasteiger partial charge in [-0.15, -0.1) is 0 Å². The van der Waals surface area contributed by atoms with Crippen molar-refractivity contribution >= 4 is 0 Å². The molecule has 0 amide bonds.